The molecule has 0 aromatic heterocycles. The maximum absolute atomic E-state index is 9.20. The van der Waals surface area contributed by atoms with Crippen molar-refractivity contribution in [3.8, 4) is 0 Å². The normalized spacial score (nSPS) is 40.5. The van der Waals surface area contributed by atoms with Gasteiger partial charge >= 0.3 is 0 Å². The van der Waals surface area contributed by atoms with Crippen molar-refractivity contribution in [1.82, 2.24) is 0 Å². The molecule has 0 bridgehead atoms. The fourth-order valence-electron chi connectivity index (χ4n) is 0.106. The molecule has 0 amide bonds. The molecule has 0 aliphatic carbocycles. The van der Waals surface area contributed by atoms with Crippen LogP contribution in [0, 0.1) is 0 Å². The molecule has 0 aliphatic rings. The van der Waals surface area contributed by atoms with Gasteiger partial charge in [-0.25, -0.2) is 0 Å². The van der Waals surface area contributed by atoms with E-state index in [2.05, 4.69) is 25.3 Å². The Bertz CT molecular complexity index is 195. The lowest BCUT2D eigenvalue weighted by atomic mass is 10.3. The molecule has 0 aromatic carbocycles. The topological polar surface area (TPSA) is 40.5 Å². The van der Waals surface area contributed by atoms with Crippen LogP contribution in [0.15, 0.2) is 0 Å². The summed E-state index contributed by atoms with van der Waals surface area (Å²) in [7, 11) is 0. The summed E-state index contributed by atoms with van der Waals surface area (Å²) in [5.74, 6) is 0. The van der Waals surface area contributed by atoms with Crippen LogP contribution in [0.3, 0.4) is 0 Å². The summed E-state index contributed by atoms with van der Waals surface area (Å²) in [5.41, 5.74) is -5.95. The molecule has 8 heavy (non-hydrogen) atoms. The van der Waals surface area contributed by atoms with Crippen molar-refractivity contribution in [2.24, 2.45) is 0 Å². The lowest BCUT2D eigenvalue weighted by molar-refractivity contribution is 0.0504. The first-order chi connectivity index (χ1) is 5.75. The highest BCUT2D eigenvalue weighted by molar-refractivity contribution is 7.80. The Morgan fingerprint density at radius 2 is 1.62 bits per heavy atom. The molecular formula is C4H10O2S2. The highest BCUT2D eigenvalue weighted by Gasteiger charge is 2.10. The van der Waals surface area contributed by atoms with Crippen LogP contribution in [0.1, 0.15) is 8.22 Å². The molecule has 2 nitrogen and oxygen atoms in total. The molecule has 0 fully saturated rings. The van der Waals surface area contributed by atoms with Gasteiger partial charge in [0.1, 0.15) is 0 Å². The molecule has 0 aromatic rings. The second kappa shape index (κ2) is 4.49. The van der Waals surface area contributed by atoms with E-state index in [0.717, 1.165) is 0 Å². The van der Waals surface area contributed by atoms with Crippen LogP contribution in [-0.2, 0) is 0 Å². The maximum atomic E-state index is 9.20. The van der Waals surface area contributed by atoms with E-state index in [1.807, 2.05) is 0 Å². The summed E-state index contributed by atoms with van der Waals surface area (Å²) in [5, 5.41) is 18.4. The predicted molar refractivity (Wildman–Crippen MR) is 39.7 cm³/mol. The Hall–Kier alpha value is 0.620. The van der Waals surface area contributed by atoms with E-state index < -0.39 is 23.6 Å². The first kappa shape index (κ1) is 2.70. The van der Waals surface area contributed by atoms with Crippen molar-refractivity contribution in [2.75, 3.05) is 11.4 Å². The van der Waals surface area contributed by atoms with Gasteiger partial charge in [-0.15, -0.1) is 0 Å². The summed E-state index contributed by atoms with van der Waals surface area (Å²) >= 11 is 6.35. The third-order valence-electron chi connectivity index (χ3n) is 0.436. The van der Waals surface area contributed by atoms with Crippen LogP contribution in [0.25, 0.3) is 0 Å². The van der Waals surface area contributed by atoms with Gasteiger partial charge in [0.25, 0.3) is 0 Å². The Kier molecular flexibility index (Phi) is 1.52. The number of hydrogen-bond acceptors (Lipinski definition) is 4. The average Bonchev–Trinajstić information content (AvgIpc) is 1.81. The van der Waals surface area contributed by atoms with Gasteiger partial charge in [-0.05, 0) is 0 Å². The molecule has 0 saturated heterocycles. The summed E-state index contributed by atoms with van der Waals surface area (Å²) in [6.45, 7) is 0. The lowest BCUT2D eigenvalue weighted by Crippen LogP contribution is -2.28. The van der Waals surface area contributed by atoms with Gasteiger partial charge in [-0.3, -0.25) is 0 Å². The van der Waals surface area contributed by atoms with Crippen LogP contribution >= 0.6 is 25.3 Å². The molecule has 0 radical (unpaired) electrons. The first-order valence-electron chi connectivity index (χ1n) is 4.64. The van der Waals surface area contributed by atoms with E-state index in [1.165, 1.54) is 0 Å². The summed E-state index contributed by atoms with van der Waals surface area (Å²) < 4.78 is 41.6. The zero-order valence-electron chi connectivity index (χ0n) is 9.79. The Balaban J connectivity index is 5.30. The fraction of sp³-hybridized carbons (Fsp3) is 1.00. The number of aliphatic hydroxyl groups is 2. The largest absolute Gasteiger partial charge is 0.390 e. The molecule has 2 atom stereocenters. The zero-order valence-corrected chi connectivity index (χ0v) is 5.58. The summed E-state index contributed by atoms with van der Waals surface area (Å²) in [6.07, 6.45) is -6.93. The highest BCUT2D eigenvalue weighted by Crippen LogP contribution is 1.96. The third kappa shape index (κ3) is 2.81. The Labute approximate surface area is 68.2 Å². The van der Waals surface area contributed by atoms with E-state index >= 15 is 0 Å². The molecule has 0 saturated carbocycles. The van der Waals surface area contributed by atoms with E-state index in [1.54, 1.807) is 0 Å². The Morgan fingerprint density at radius 1 is 1.38 bits per heavy atom. The lowest BCUT2D eigenvalue weighted by Gasteiger charge is -2.11. The van der Waals surface area contributed by atoms with Crippen molar-refractivity contribution in [1.29, 1.82) is 0 Å². The minimum absolute atomic E-state index is 2.97. The average molecular weight is 160 g/mol. The van der Waals surface area contributed by atoms with Crippen LogP contribution in [0.2, 0.25) is 0 Å². The minimum Gasteiger partial charge on any atom is -0.390 e. The molecule has 0 heterocycles. The first-order valence-corrected chi connectivity index (χ1v) is 2.54. The van der Waals surface area contributed by atoms with Gasteiger partial charge in [0, 0.05) is 16.9 Å². The third-order valence-corrected chi connectivity index (χ3v) is 0.860. The second-order valence-corrected chi connectivity index (χ2v) is 1.37. The monoisotopic (exact) mass is 160 g/mol. The number of hydrogen-bond donors (Lipinski definition) is 4. The standard InChI is InChI=1S/C4H10O2S2/c5-3(1-7)4(6)2-8/h3-8H,1-2H2/t3-,4-/m1/s1/i1D2,2D2,3D,4D. The van der Waals surface area contributed by atoms with E-state index in [9.17, 15) is 10.2 Å². The number of rotatable bonds is 3. The molecule has 0 rings (SSSR count). The van der Waals surface area contributed by atoms with Crippen LogP contribution < -0.4 is 0 Å². The molecule has 0 aliphatic heterocycles. The fourth-order valence-corrected chi connectivity index (χ4v) is 0.318. The van der Waals surface area contributed by atoms with Crippen molar-refractivity contribution >= 4 is 25.3 Å². The van der Waals surface area contributed by atoms with Crippen molar-refractivity contribution < 1.29 is 18.4 Å². The zero-order chi connectivity index (χ0) is 12.0. The van der Waals surface area contributed by atoms with Gasteiger partial charge in [0.15, 0.2) is 0 Å². The molecule has 50 valence electrons. The highest BCUT2D eigenvalue weighted by atomic mass is 32.1. The molecule has 0 unspecified atom stereocenters. The summed E-state index contributed by atoms with van der Waals surface area (Å²) in [6, 6.07) is 0. The van der Waals surface area contributed by atoms with Gasteiger partial charge in [0.2, 0.25) is 0 Å². The van der Waals surface area contributed by atoms with Crippen molar-refractivity contribution in [3.05, 3.63) is 0 Å². The predicted octanol–water partition coefficient (Wildman–Crippen LogP) is -0.432. The maximum Gasteiger partial charge on any atom is 0.0894 e. The summed E-state index contributed by atoms with van der Waals surface area (Å²) in [4.78, 5) is 0. The SMILES string of the molecule is [2H]C([2H])(S)[C@@]([2H])(O)[C@]([2H])(O)C([2H])([2H])S. The van der Waals surface area contributed by atoms with Crippen LogP contribution in [0.4, 0.5) is 0 Å². The van der Waals surface area contributed by atoms with Crippen molar-refractivity contribution in [2.45, 2.75) is 12.2 Å². The van der Waals surface area contributed by atoms with Gasteiger partial charge in [-0.1, -0.05) is 0 Å². The molecule has 4 heteroatoms. The van der Waals surface area contributed by atoms with E-state index in [4.69, 9.17) is 8.22 Å². The van der Waals surface area contributed by atoms with Gasteiger partial charge in [0.05, 0.1) is 14.9 Å². The molecular weight excluding hydrogens is 144 g/mol. The van der Waals surface area contributed by atoms with Crippen LogP contribution in [-0.4, -0.2) is 33.8 Å². The Morgan fingerprint density at radius 3 is 1.75 bits per heavy atom. The molecule has 0 spiro atoms. The van der Waals surface area contributed by atoms with Gasteiger partial charge in [-0.2, -0.15) is 25.3 Å². The van der Waals surface area contributed by atoms with Crippen LogP contribution in [0.5, 0.6) is 0 Å². The van der Waals surface area contributed by atoms with Gasteiger partial charge < -0.3 is 10.2 Å². The van der Waals surface area contributed by atoms with Crippen molar-refractivity contribution in [3.63, 3.8) is 0 Å². The van der Waals surface area contributed by atoms with E-state index in [-0.39, 0.29) is 0 Å². The number of thiol groups is 2. The molecule has 2 N–H and O–H groups in total. The van der Waals surface area contributed by atoms with E-state index in [0.29, 0.717) is 0 Å². The minimum atomic E-state index is -3.46. The second-order valence-electron chi connectivity index (χ2n) is 0.921. The smallest absolute Gasteiger partial charge is 0.0894 e. The quantitative estimate of drug-likeness (QED) is 0.423.